The molecule has 3 atom stereocenters. The quantitative estimate of drug-likeness (QED) is 0.622. The Morgan fingerprint density at radius 3 is 2.66 bits per heavy atom. The summed E-state index contributed by atoms with van der Waals surface area (Å²) in [6, 6.07) is 10.4. The fourth-order valence-corrected chi connectivity index (χ4v) is 6.00. The van der Waals surface area contributed by atoms with Gasteiger partial charge in [0.2, 0.25) is 11.5 Å². The van der Waals surface area contributed by atoms with Gasteiger partial charge in [-0.05, 0) is 74.1 Å². The molecule has 2 aliphatic heterocycles. The number of fused-ring (bicyclic) bond motifs is 2. The Morgan fingerprint density at radius 1 is 1.16 bits per heavy atom. The SMILES string of the molecule is CNC(=O)Nc1ccc2c(c1)CC[C@@]21OC(=O)N(CC(=O)N2[C@@H](c3ccc(OC)cc3C)CC[C@@H]2C)C1=O. The summed E-state index contributed by atoms with van der Waals surface area (Å²) in [5.74, 6) is -0.0641. The molecule has 0 aromatic heterocycles. The van der Waals surface area contributed by atoms with Crippen molar-refractivity contribution in [2.24, 2.45) is 0 Å². The maximum Gasteiger partial charge on any atom is 0.418 e. The Balaban J connectivity index is 1.36. The Bertz CT molecular complexity index is 1330. The number of carbonyl (C=O) groups excluding carboxylic acids is 4. The number of ether oxygens (including phenoxy) is 2. The smallest absolute Gasteiger partial charge is 0.418 e. The predicted octanol–water partition coefficient (Wildman–Crippen LogP) is 3.63. The van der Waals surface area contributed by atoms with Crippen LogP contribution in [0.3, 0.4) is 0 Å². The number of imide groups is 1. The molecule has 2 heterocycles. The van der Waals surface area contributed by atoms with Gasteiger partial charge in [-0.3, -0.25) is 9.59 Å². The third-order valence-corrected chi connectivity index (χ3v) is 7.93. The second kappa shape index (κ2) is 9.66. The lowest BCUT2D eigenvalue weighted by molar-refractivity contribution is -0.143. The largest absolute Gasteiger partial charge is 0.497 e. The van der Waals surface area contributed by atoms with Gasteiger partial charge in [-0.15, -0.1) is 0 Å². The Labute approximate surface area is 221 Å². The molecule has 1 spiro atoms. The summed E-state index contributed by atoms with van der Waals surface area (Å²) in [7, 11) is 3.14. The van der Waals surface area contributed by atoms with Gasteiger partial charge in [0, 0.05) is 30.8 Å². The first-order chi connectivity index (χ1) is 18.2. The fourth-order valence-electron chi connectivity index (χ4n) is 6.00. The van der Waals surface area contributed by atoms with Crippen molar-refractivity contribution in [3.05, 3.63) is 58.7 Å². The minimum Gasteiger partial charge on any atom is -0.497 e. The molecule has 10 nitrogen and oxygen atoms in total. The number of aryl methyl sites for hydroxylation is 2. The Hall–Kier alpha value is -4.08. The van der Waals surface area contributed by atoms with E-state index in [1.807, 2.05) is 32.0 Å². The zero-order chi connectivity index (χ0) is 27.2. The lowest BCUT2D eigenvalue weighted by Gasteiger charge is -2.31. The van der Waals surface area contributed by atoms with Crippen molar-refractivity contribution in [1.82, 2.24) is 15.1 Å². The van der Waals surface area contributed by atoms with E-state index in [-0.39, 0.29) is 37.0 Å². The van der Waals surface area contributed by atoms with Crippen LogP contribution >= 0.6 is 0 Å². The van der Waals surface area contributed by atoms with E-state index in [2.05, 4.69) is 10.6 Å². The number of rotatable bonds is 5. The van der Waals surface area contributed by atoms with E-state index in [1.54, 1.807) is 30.2 Å². The number of benzene rings is 2. The Morgan fingerprint density at radius 2 is 1.95 bits per heavy atom. The van der Waals surface area contributed by atoms with Crippen LogP contribution in [-0.2, 0) is 26.3 Å². The van der Waals surface area contributed by atoms with E-state index < -0.39 is 17.6 Å². The topological polar surface area (TPSA) is 117 Å². The lowest BCUT2D eigenvalue weighted by Crippen LogP contribution is -2.46. The van der Waals surface area contributed by atoms with Crippen LogP contribution in [0.25, 0.3) is 0 Å². The fraction of sp³-hybridized carbons (Fsp3) is 0.429. The predicted molar refractivity (Wildman–Crippen MR) is 139 cm³/mol. The highest BCUT2D eigenvalue weighted by molar-refractivity contribution is 6.06. The van der Waals surface area contributed by atoms with Crippen LogP contribution < -0.4 is 15.4 Å². The molecule has 200 valence electrons. The maximum absolute atomic E-state index is 13.6. The average molecular weight is 521 g/mol. The molecule has 10 heteroatoms. The molecule has 1 aliphatic carbocycles. The number of nitrogens with one attached hydrogen (secondary N) is 2. The number of likely N-dealkylation sites (tertiary alicyclic amines) is 1. The van der Waals surface area contributed by atoms with Gasteiger partial charge >= 0.3 is 12.1 Å². The molecule has 2 fully saturated rings. The zero-order valence-corrected chi connectivity index (χ0v) is 22.0. The number of amides is 5. The number of nitrogens with zero attached hydrogens (tertiary/aromatic N) is 2. The van der Waals surface area contributed by atoms with Crippen molar-refractivity contribution >= 4 is 29.6 Å². The van der Waals surface area contributed by atoms with E-state index in [4.69, 9.17) is 9.47 Å². The van der Waals surface area contributed by atoms with Crippen LogP contribution in [0.2, 0.25) is 0 Å². The molecule has 2 saturated heterocycles. The summed E-state index contributed by atoms with van der Waals surface area (Å²) >= 11 is 0. The van der Waals surface area contributed by atoms with Crippen LogP contribution in [0, 0.1) is 6.92 Å². The van der Waals surface area contributed by atoms with Crippen LogP contribution in [-0.4, -0.2) is 60.5 Å². The first kappa shape index (κ1) is 25.6. The summed E-state index contributed by atoms with van der Waals surface area (Å²) in [6.07, 6.45) is 1.59. The summed E-state index contributed by atoms with van der Waals surface area (Å²) in [4.78, 5) is 54.6. The van der Waals surface area contributed by atoms with Crippen molar-refractivity contribution in [3.63, 3.8) is 0 Å². The molecule has 38 heavy (non-hydrogen) atoms. The second-order valence-corrected chi connectivity index (χ2v) is 10.1. The monoisotopic (exact) mass is 520 g/mol. The molecule has 2 aromatic rings. The van der Waals surface area contributed by atoms with Crippen LogP contribution in [0.4, 0.5) is 15.3 Å². The first-order valence-corrected chi connectivity index (χ1v) is 12.8. The molecule has 2 aromatic carbocycles. The number of hydrogen-bond acceptors (Lipinski definition) is 6. The molecular weight excluding hydrogens is 488 g/mol. The molecule has 5 rings (SSSR count). The van der Waals surface area contributed by atoms with Gasteiger partial charge < -0.3 is 25.0 Å². The van der Waals surface area contributed by atoms with Crippen molar-refractivity contribution in [1.29, 1.82) is 0 Å². The highest BCUT2D eigenvalue weighted by Crippen LogP contribution is 2.46. The molecule has 0 unspecified atom stereocenters. The van der Waals surface area contributed by atoms with Gasteiger partial charge in [0.25, 0.3) is 5.91 Å². The van der Waals surface area contributed by atoms with Gasteiger partial charge in [0.05, 0.1) is 13.2 Å². The minimum atomic E-state index is -1.44. The molecule has 0 saturated carbocycles. The van der Waals surface area contributed by atoms with Gasteiger partial charge in [-0.1, -0.05) is 12.1 Å². The van der Waals surface area contributed by atoms with Gasteiger partial charge in [-0.2, -0.15) is 0 Å². The summed E-state index contributed by atoms with van der Waals surface area (Å²) in [6.45, 7) is 3.60. The van der Waals surface area contributed by atoms with Crippen molar-refractivity contribution in [2.75, 3.05) is 26.0 Å². The third kappa shape index (κ3) is 4.13. The molecule has 5 amide bonds. The number of hydrogen-bond donors (Lipinski definition) is 2. The second-order valence-electron chi connectivity index (χ2n) is 10.1. The molecule has 0 radical (unpaired) electrons. The van der Waals surface area contributed by atoms with Crippen LogP contribution in [0.5, 0.6) is 5.75 Å². The normalized spacial score (nSPS) is 24.0. The van der Waals surface area contributed by atoms with Gasteiger partial charge in [0.1, 0.15) is 12.3 Å². The van der Waals surface area contributed by atoms with Crippen molar-refractivity contribution in [2.45, 2.75) is 57.2 Å². The van der Waals surface area contributed by atoms with E-state index in [0.717, 1.165) is 40.2 Å². The Kier molecular flexibility index (Phi) is 6.50. The van der Waals surface area contributed by atoms with Crippen LogP contribution in [0.15, 0.2) is 36.4 Å². The van der Waals surface area contributed by atoms with E-state index in [9.17, 15) is 19.2 Å². The number of anilines is 1. The molecule has 3 aliphatic rings. The van der Waals surface area contributed by atoms with E-state index in [1.165, 1.54) is 7.05 Å². The average Bonchev–Trinajstić information content (AvgIpc) is 3.53. The molecule has 2 N–H and O–H groups in total. The van der Waals surface area contributed by atoms with Gasteiger partial charge in [0.15, 0.2) is 0 Å². The third-order valence-electron chi connectivity index (χ3n) is 7.93. The van der Waals surface area contributed by atoms with E-state index in [0.29, 0.717) is 17.7 Å². The highest BCUT2D eigenvalue weighted by atomic mass is 16.6. The van der Waals surface area contributed by atoms with Crippen LogP contribution in [0.1, 0.15) is 54.5 Å². The first-order valence-electron chi connectivity index (χ1n) is 12.8. The summed E-state index contributed by atoms with van der Waals surface area (Å²) < 4.78 is 11.0. The zero-order valence-electron chi connectivity index (χ0n) is 22.0. The van der Waals surface area contributed by atoms with Gasteiger partial charge in [-0.25, -0.2) is 14.5 Å². The summed E-state index contributed by atoms with van der Waals surface area (Å²) in [5.41, 5.74) is 2.59. The highest BCUT2D eigenvalue weighted by Gasteiger charge is 2.58. The van der Waals surface area contributed by atoms with E-state index >= 15 is 0 Å². The molecule has 0 bridgehead atoms. The lowest BCUT2D eigenvalue weighted by atomic mass is 9.94. The maximum atomic E-state index is 13.6. The number of methoxy groups -OCH3 is 1. The van der Waals surface area contributed by atoms with Crippen molar-refractivity contribution in [3.8, 4) is 5.75 Å². The summed E-state index contributed by atoms with van der Waals surface area (Å²) in [5, 5.41) is 5.20. The molecular formula is C28H32N4O6. The minimum absolute atomic E-state index is 0.0323. The number of urea groups is 1. The standard InChI is InChI=1S/C28H32N4O6/c1-16-13-20(37-4)7-8-21(16)23-10-5-17(2)32(23)24(33)15-31-25(34)28(38-27(31)36)12-11-18-14-19(6-9-22(18)28)30-26(35)29-3/h6-9,13-14,17,23H,5,10-12,15H2,1-4H3,(H2,29,30,35)/t17-,23+,28+/m0/s1. The van der Waals surface area contributed by atoms with Crippen molar-refractivity contribution < 1.29 is 28.7 Å². The number of carbonyl (C=O) groups is 4.